The van der Waals surface area contributed by atoms with Crippen molar-refractivity contribution in [2.75, 3.05) is 13.6 Å². The number of hydrogen-bond acceptors (Lipinski definition) is 1. The second-order valence-electron chi connectivity index (χ2n) is 4.22. The van der Waals surface area contributed by atoms with Gasteiger partial charge in [0.25, 0.3) is 0 Å². The van der Waals surface area contributed by atoms with Crippen molar-refractivity contribution in [3.05, 3.63) is 34.9 Å². The van der Waals surface area contributed by atoms with Crippen molar-refractivity contribution in [1.29, 1.82) is 0 Å². The highest BCUT2D eigenvalue weighted by Crippen LogP contribution is 2.18. The molecule has 0 aliphatic carbocycles. The summed E-state index contributed by atoms with van der Waals surface area (Å²) in [6.07, 6.45) is -4.13. The first kappa shape index (κ1) is 13.0. The van der Waals surface area contributed by atoms with E-state index in [1.165, 1.54) is 11.9 Å². The highest BCUT2D eigenvalue weighted by molar-refractivity contribution is 5.30. The molecule has 0 bridgehead atoms. The van der Waals surface area contributed by atoms with Gasteiger partial charge in [0.2, 0.25) is 0 Å². The summed E-state index contributed by atoms with van der Waals surface area (Å²) in [5.41, 5.74) is 3.10. The first-order valence-corrected chi connectivity index (χ1v) is 5.09. The van der Waals surface area contributed by atoms with Crippen molar-refractivity contribution < 1.29 is 13.2 Å². The Bertz CT molecular complexity index is 358. The van der Waals surface area contributed by atoms with E-state index in [-0.39, 0.29) is 0 Å². The Morgan fingerprint density at radius 1 is 1.19 bits per heavy atom. The van der Waals surface area contributed by atoms with E-state index in [1.54, 1.807) is 0 Å². The predicted octanol–water partition coefficient (Wildman–Crippen LogP) is 3.30. The second-order valence-corrected chi connectivity index (χ2v) is 4.22. The van der Waals surface area contributed by atoms with E-state index in [1.807, 2.05) is 32.0 Å². The third-order valence-corrected chi connectivity index (χ3v) is 2.39. The van der Waals surface area contributed by atoms with Crippen LogP contribution in [-0.4, -0.2) is 24.7 Å². The highest BCUT2D eigenvalue weighted by atomic mass is 19.4. The monoisotopic (exact) mass is 231 g/mol. The fourth-order valence-corrected chi connectivity index (χ4v) is 1.68. The molecule has 0 saturated carbocycles. The summed E-state index contributed by atoms with van der Waals surface area (Å²) in [7, 11) is 1.48. The molecule has 4 heteroatoms. The Kier molecular flexibility index (Phi) is 3.97. The lowest BCUT2D eigenvalue weighted by atomic mass is 10.1. The van der Waals surface area contributed by atoms with Gasteiger partial charge in [-0.1, -0.05) is 23.8 Å². The first-order chi connectivity index (χ1) is 7.28. The van der Waals surface area contributed by atoms with Gasteiger partial charge in [0.1, 0.15) is 0 Å². The molecule has 0 aliphatic heterocycles. The van der Waals surface area contributed by atoms with Crippen LogP contribution < -0.4 is 0 Å². The molecule has 1 rings (SSSR count). The zero-order valence-electron chi connectivity index (χ0n) is 9.73. The van der Waals surface area contributed by atoms with E-state index in [2.05, 4.69) is 0 Å². The molecule has 0 unspecified atom stereocenters. The number of alkyl halides is 3. The quantitative estimate of drug-likeness (QED) is 0.771. The Hall–Kier alpha value is -1.03. The van der Waals surface area contributed by atoms with Crippen molar-refractivity contribution in [3.8, 4) is 0 Å². The lowest BCUT2D eigenvalue weighted by Gasteiger charge is -2.19. The zero-order chi connectivity index (χ0) is 12.3. The van der Waals surface area contributed by atoms with E-state index in [0.717, 1.165) is 16.7 Å². The first-order valence-electron chi connectivity index (χ1n) is 5.09. The SMILES string of the molecule is Cc1ccc(CN(C)CC(F)(F)F)c(C)c1. The van der Waals surface area contributed by atoms with Crippen LogP contribution in [-0.2, 0) is 6.54 Å². The van der Waals surface area contributed by atoms with Gasteiger partial charge < -0.3 is 0 Å². The number of rotatable bonds is 3. The van der Waals surface area contributed by atoms with Gasteiger partial charge in [-0.2, -0.15) is 13.2 Å². The molecule has 0 saturated heterocycles. The van der Waals surface area contributed by atoms with Gasteiger partial charge in [-0.25, -0.2) is 0 Å². The molecule has 0 N–H and O–H groups in total. The third kappa shape index (κ3) is 4.23. The Morgan fingerprint density at radius 2 is 1.81 bits per heavy atom. The lowest BCUT2D eigenvalue weighted by Crippen LogP contribution is -2.30. The van der Waals surface area contributed by atoms with Gasteiger partial charge in [0.05, 0.1) is 6.54 Å². The molecule has 0 heterocycles. The average molecular weight is 231 g/mol. The highest BCUT2D eigenvalue weighted by Gasteiger charge is 2.29. The summed E-state index contributed by atoms with van der Waals surface area (Å²) >= 11 is 0. The minimum Gasteiger partial charge on any atom is -0.294 e. The van der Waals surface area contributed by atoms with Gasteiger partial charge in [-0.3, -0.25) is 4.90 Å². The maximum atomic E-state index is 12.1. The van der Waals surface area contributed by atoms with Crippen LogP contribution in [0.25, 0.3) is 0 Å². The molecule has 90 valence electrons. The summed E-state index contributed by atoms with van der Waals surface area (Å²) in [5, 5.41) is 0. The third-order valence-electron chi connectivity index (χ3n) is 2.39. The molecule has 0 aromatic heterocycles. The molecule has 1 nitrogen and oxygen atoms in total. The second kappa shape index (κ2) is 4.87. The number of benzene rings is 1. The molecular weight excluding hydrogens is 215 g/mol. The smallest absolute Gasteiger partial charge is 0.294 e. The van der Waals surface area contributed by atoms with Crippen molar-refractivity contribution >= 4 is 0 Å². The van der Waals surface area contributed by atoms with Gasteiger partial charge >= 0.3 is 6.18 Å². The fourth-order valence-electron chi connectivity index (χ4n) is 1.68. The minimum atomic E-state index is -4.13. The maximum Gasteiger partial charge on any atom is 0.401 e. The number of halogens is 3. The summed E-state index contributed by atoms with van der Waals surface area (Å²) < 4.78 is 36.4. The Balaban J connectivity index is 2.66. The van der Waals surface area contributed by atoms with Gasteiger partial charge in [0, 0.05) is 6.54 Å². The molecule has 1 aromatic carbocycles. The Morgan fingerprint density at radius 3 is 2.31 bits per heavy atom. The standard InChI is InChI=1S/C12H16F3N/c1-9-4-5-11(10(2)6-9)7-16(3)8-12(13,14)15/h4-6H,7-8H2,1-3H3. The number of aryl methyl sites for hydroxylation is 2. The van der Waals surface area contributed by atoms with Crippen LogP contribution in [0.2, 0.25) is 0 Å². The van der Waals surface area contributed by atoms with E-state index >= 15 is 0 Å². The van der Waals surface area contributed by atoms with Crippen LogP contribution in [0.1, 0.15) is 16.7 Å². The number of hydrogen-bond donors (Lipinski definition) is 0. The van der Waals surface area contributed by atoms with Crippen molar-refractivity contribution in [1.82, 2.24) is 4.90 Å². The lowest BCUT2D eigenvalue weighted by molar-refractivity contribution is -0.144. The van der Waals surface area contributed by atoms with Crippen LogP contribution in [0.3, 0.4) is 0 Å². The number of nitrogens with zero attached hydrogens (tertiary/aromatic N) is 1. The molecule has 0 fully saturated rings. The minimum absolute atomic E-state index is 0.325. The molecule has 1 aromatic rings. The average Bonchev–Trinajstić information content (AvgIpc) is 2.06. The van der Waals surface area contributed by atoms with E-state index in [0.29, 0.717) is 6.54 Å². The van der Waals surface area contributed by atoms with E-state index in [4.69, 9.17) is 0 Å². The molecule has 0 amide bonds. The van der Waals surface area contributed by atoms with Crippen LogP contribution in [0.5, 0.6) is 0 Å². The summed E-state index contributed by atoms with van der Waals surface area (Å²) in [4.78, 5) is 1.28. The van der Waals surface area contributed by atoms with E-state index in [9.17, 15) is 13.2 Å². The molecule has 16 heavy (non-hydrogen) atoms. The summed E-state index contributed by atoms with van der Waals surface area (Å²) in [6.45, 7) is 3.34. The van der Waals surface area contributed by atoms with Crippen molar-refractivity contribution in [3.63, 3.8) is 0 Å². The predicted molar refractivity (Wildman–Crippen MR) is 58.3 cm³/mol. The van der Waals surface area contributed by atoms with Gasteiger partial charge in [-0.15, -0.1) is 0 Å². The van der Waals surface area contributed by atoms with Crippen molar-refractivity contribution in [2.24, 2.45) is 0 Å². The van der Waals surface area contributed by atoms with Crippen LogP contribution >= 0.6 is 0 Å². The summed E-state index contributed by atoms with van der Waals surface area (Å²) in [5.74, 6) is 0. The molecule has 0 radical (unpaired) electrons. The maximum absolute atomic E-state index is 12.1. The summed E-state index contributed by atoms with van der Waals surface area (Å²) in [6, 6.07) is 5.79. The van der Waals surface area contributed by atoms with Crippen LogP contribution in [0.4, 0.5) is 13.2 Å². The molecule has 0 aliphatic rings. The largest absolute Gasteiger partial charge is 0.401 e. The molecule has 0 atom stereocenters. The normalized spacial score (nSPS) is 12.2. The van der Waals surface area contributed by atoms with Gasteiger partial charge in [0.15, 0.2) is 0 Å². The zero-order valence-corrected chi connectivity index (χ0v) is 9.73. The van der Waals surface area contributed by atoms with Crippen LogP contribution in [0.15, 0.2) is 18.2 Å². The Labute approximate surface area is 93.9 Å². The molecule has 0 spiro atoms. The van der Waals surface area contributed by atoms with Gasteiger partial charge in [-0.05, 0) is 32.0 Å². The van der Waals surface area contributed by atoms with Crippen molar-refractivity contribution in [2.45, 2.75) is 26.6 Å². The fraction of sp³-hybridized carbons (Fsp3) is 0.500. The van der Waals surface area contributed by atoms with E-state index < -0.39 is 12.7 Å². The molecular formula is C12H16F3N. The topological polar surface area (TPSA) is 3.24 Å². The van der Waals surface area contributed by atoms with Crippen LogP contribution in [0, 0.1) is 13.8 Å².